The van der Waals surface area contributed by atoms with E-state index in [0.29, 0.717) is 11.4 Å². The van der Waals surface area contributed by atoms with Crippen LogP contribution >= 0.6 is 0 Å². The van der Waals surface area contributed by atoms with Gasteiger partial charge in [0.15, 0.2) is 6.29 Å². The third-order valence-electron chi connectivity index (χ3n) is 3.05. The highest BCUT2D eigenvalue weighted by Crippen LogP contribution is 2.24. The number of imidazole rings is 1. The van der Waals surface area contributed by atoms with E-state index in [9.17, 15) is 4.79 Å². The van der Waals surface area contributed by atoms with E-state index < -0.39 is 0 Å². The van der Waals surface area contributed by atoms with E-state index in [1.165, 1.54) is 11.9 Å². The van der Waals surface area contributed by atoms with Gasteiger partial charge in [0.2, 0.25) is 0 Å². The first-order chi connectivity index (χ1) is 9.38. The lowest BCUT2D eigenvalue weighted by molar-refractivity contribution is 0.112. The van der Waals surface area contributed by atoms with Crippen LogP contribution in [0.25, 0.3) is 22.4 Å². The first-order valence-corrected chi connectivity index (χ1v) is 6.03. The Kier molecular flexibility index (Phi) is 2.94. The van der Waals surface area contributed by atoms with Gasteiger partial charge in [0, 0.05) is 5.56 Å². The van der Waals surface area contributed by atoms with Crippen molar-refractivity contribution in [2.75, 3.05) is 0 Å². The lowest BCUT2D eigenvalue weighted by Gasteiger charge is -2.03. The first kappa shape index (κ1) is 11.4. The lowest BCUT2D eigenvalue weighted by atomic mass is 10.0. The molecule has 2 aromatic carbocycles. The number of nitrogens with one attached hydrogen (secondary N) is 1. The Bertz CT molecular complexity index is 684. The smallest absolute Gasteiger partial charge is 0.168 e. The summed E-state index contributed by atoms with van der Waals surface area (Å²) in [6.07, 6.45) is 2.32. The summed E-state index contributed by atoms with van der Waals surface area (Å²) in [5, 5.41) is 0. The van der Waals surface area contributed by atoms with Crippen LogP contribution in [0, 0.1) is 0 Å². The fourth-order valence-electron chi connectivity index (χ4n) is 2.08. The maximum Gasteiger partial charge on any atom is 0.168 e. The minimum Gasteiger partial charge on any atom is -0.342 e. The van der Waals surface area contributed by atoms with Crippen molar-refractivity contribution in [3.8, 4) is 22.4 Å². The van der Waals surface area contributed by atoms with E-state index in [-0.39, 0.29) is 0 Å². The van der Waals surface area contributed by atoms with Gasteiger partial charge in [0.1, 0.15) is 5.69 Å². The van der Waals surface area contributed by atoms with Gasteiger partial charge in [0.05, 0.1) is 12.0 Å². The van der Waals surface area contributed by atoms with Crippen molar-refractivity contribution in [3.05, 3.63) is 66.6 Å². The third-order valence-corrected chi connectivity index (χ3v) is 3.05. The van der Waals surface area contributed by atoms with Crippen LogP contribution < -0.4 is 0 Å². The molecule has 0 spiro atoms. The summed E-state index contributed by atoms with van der Waals surface area (Å²) in [5.74, 6) is 0. The number of carbonyl (C=O) groups is 1. The van der Waals surface area contributed by atoms with Crippen molar-refractivity contribution >= 4 is 6.29 Å². The third kappa shape index (κ3) is 2.18. The molecule has 0 aliphatic heterocycles. The summed E-state index contributed by atoms with van der Waals surface area (Å²) in [5.41, 5.74) is 4.45. The zero-order chi connectivity index (χ0) is 13.1. The number of aldehydes is 1. The largest absolute Gasteiger partial charge is 0.342 e. The van der Waals surface area contributed by atoms with E-state index in [1.807, 2.05) is 42.5 Å². The van der Waals surface area contributed by atoms with Crippen LogP contribution in [0.2, 0.25) is 0 Å². The quantitative estimate of drug-likeness (QED) is 0.720. The number of nitrogens with zero attached hydrogens (tertiary/aromatic N) is 1. The Balaban J connectivity index is 1.98. The van der Waals surface area contributed by atoms with Gasteiger partial charge >= 0.3 is 0 Å². The SMILES string of the molecule is O=Cc1[nH]cnc1-c1ccc(-c2ccccc2)cc1. The Labute approximate surface area is 111 Å². The van der Waals surface area contributed by atoms with Crippen LogP contribution in [-0.2, 0) is 0 Å². The van der Waals surface area contributed by atoms with E-state index >= 15 is 0 Å². The molecule has 0 aliphatic carbocycles. The average Bonchev–Trinajstić information content (AvgIpc) is 2.97. The van der Waals surface area contributed by atoms with E-state index in [4.69, 9.17) is 0 Å². The highest BCUT2D eigenvalue weighted by Gasteiger charge is 2.07. The van der Waals surface area contributed by atoms with Crippen molar-refractivity contribution in [2.24, 2.45) is 0 Å². The summed E-state index contributed by atoms with van der Waals surface area (Å²) in [4.78, 5) is 17.9. The number of H-pyrrole nitrogens is 1. The molecule has 0 atom stereocenters. The molecule has 1 N–H and O–H groups in total. The molecular weight excluding hydrogens is 236 g/mol. The van der Waals surface area contributed by atoms with Gasteiger partial charge in [-0.05, 0) is 11.1 Å². The monoisotopic (exact) mass is 248 g/mol. The predicted octanol–water partition coefficient (Wildman–Crippen LogP) is 3.56. The molecule has 1 aromatic heterocycles. The molecule has 19 heavy (non-hydrogen) atoms. The van der Waals surface area contributed by atoms with Crippen LogP contribution in [0.1, 0.15) is 10.5 Å². The van der Waals surface area contributed by atoms with E-state index in [1.54, 1.807) is 0 Å². The maximum atomic E-state index is 10.9. The number of rotatable bonds is 3. The number of hydrogen-bond donors (Lipinski definition) is 1. The molecule has 0 unspecified atom stereocenters. The van der Waals surface area contributed by atoms with Crippen LogP contribution in [-0.4, -0.2) is 16.3 Å². The molecule has 3 heteroatoms. The Morgan fingerprint density at radius 2 is 1.47 bits per heavy atom. The van der Waals surface area contributed by atoms with Gasteiger partial charge in [-0.3, -0.25) is 4.79 Å². The molecule has 0 aliphatic rings. The Morgan fingerprint density at radius 3 is 2.16 bits per heavy atom. The summed E-state index contributed by atoms with van der Waals surface area (Å²) >= 11 is 0. The fraction of sp³-hybridized carbons (Fsp3) is 0. The number of hydrogen-bond acceptors (Lipinski definition) is 2. The molecule has 0 radical (unpaired) electrons. The average molecular weight is 248 g/mol. The Morgan fingerprint density at radius 1 is 0.842 bits per heavy atom. The van der Waals surface area contributed by atoms with Crippen LogP contribution in [0.15, 0.2) is 60.9 Å². The molecule has 3 nitrogen and oxygen atoms in total. The molecule has 3 rings (SSSR count). The maximum absolute atomic E-state index is 10.9. The molecule has 92 valence electrons. The number of benzene rings is 2. The molecule has 0 saturated heterocycles. The molecule has 0 saturated carbocycles. The summed E-state index contributed by atoms with van der Waals surface area (Å²) in [7, 11) is 0. The van der Waals surface area contributed by atoms with E-state index in [0.717, 1.165) is 17.4 Å². The normalized spacial score (nSPS) is 10.3. The standard InChI is InChI=1S/C16H12N2O/c19-10-15-16(18-11-17-15)14-8-6-13(7-9-14)12-4-2-1-3-5-12/h1-11H,(H,17,18). The number of carbonyl (C=O) groups excluding carboxylic acids is 1. The fourth-order valence-corrected chi connectivity index (χ4v) is 2.08. The predicted molar refractivity (Wildman–Crippen MR) is 74.8 cm³/mol. The summed E-state index contributed by atoms with van der Waals surface area (Å²) in [6.45, 7) is 0. The number of aromatic amines is 1. The molecule has 3 aromatic rings. The van der Waals surface area contributed by atoms with Gasteiger partial charge in [-0.1, -0.05) is 54.6 Å². The van der Waals surface area contributed by atoms with E-state index in [2.05, 4.69) is 22.1 Å². The zero-order valence-corrected chi connectivity index (χ0v) is 10.2. The summed E-state index contributed by atoms with van der Waals surface area (Å²) in [6, 6.07) is 18.2. The van der Waals surface area contributed by atoms with Crippen molar-refractivity contribution in [2.45, 2.75) is 0 Å². The molecule has 1 heterocycles. The molecule has 0 amide bonds. The highest BCUT2D eigenvalue weighted by atomic mass is 16.1. The van der Waals surface area contributed by atoms with Gasteiger partial charge in [-0.25, -0.2) is 4.98 Å². The van der Waals surface area contributed by atoms with Crippen molar-refractivity contribution in [1.82, 2.24) is 9.97 Å². The van der Waals surface area contributed by atoms with Crippen molar-refractivity contribution in [1.29, 1.82) is 0 Å². The second kappa shape index (κ2) is 4.90. The second-order valence-corrected chi connectivity index (χ2v) is 4.23. The van der Waals surface area contributed by atoms with Gasteiger partial charge in [0.25, 0.3) is 0 Å². The Hall–Kier alpha value is -2.68. The summed E-state index contributed by atoms with van der Waals surface area (Å²) < 4.78 is 0. The molecular formula is C16H12N2O. The van der Waals surface area contributed by atoms with Crippen LogP contribution in [0.4, 0.5) is 0 Å². The topological polar surface area (TPSA) is 45.8 Å². The van der Waals surface area contributed by atoms with Crippen molar-refractivity contribution in [3.63, 3.8) is 0 Å². The number of aromatic nitrogens is 2. The van der Waals surface area contributed by atoms with Crippen LogP contribution in [0.5, 0.6) is 0 Å². The molecule has 0 fully saturated rings. The zero-order valence-electron chi connectivity index (χ0n) is 10.2. The lowest BCUT2D eigenvalue weighted by Crippen LogP contribution is -1.86. The van der Waals surface area contributed by atoms with Gasteiger partial charge in [-0.15, -0.1) is 0 Å². The minimum absolute atomic E-state index is 0.507. The highest BCUT2D eigenvalue weighted by molar-refractivity contribution is 5.83. The van der Waals surface area contributed by atoms with Gasteiger partial charge in [-0.2, -0.15) is 0 Å². The second-order valence-electron chi connectivity index (χ2n) is 4.23. The minimum atomic E-state index is 0.507. The first-order valence-electron chi connectivity index (χ1n) is 6.03. The van der Waals surface area contributed by atoms with Crippen molar-refractivity contribution < 1.29 is 4.79 Å². The molecule has 0 bridgehead atoms. The van der Waals surface area contributed by atoms with Gasteiger partial charge < -0.3 is 4.98 Å². The van der Waals surface area contributed by atoms with Crippen LogP contribution in [0.3, 0.4) is 0 Å².